The van der Waals surface area contributed by atoms with Gasteiger partial charge in [-0.1, -0.05) is 20.8 Å². The highest BCUT2D eigenvalue weighted by Gasteiger charge is 2.18. The van der Waals surface area contributed by atoms with Crippen molar-refractivity contribution in [3.05, 3.63) is 39.5 Å². The number of ether oxygens (including phenoxy) is 2. The highest BCUT2D eigenvalue weighted by atomic mass is 127. The Hall–Kier alpha value is -1.90. The first-order chi connectivity index (χ1) is 11.3. The van der Waals surface area contributed by atoms with E-state index in [0.29, 0.717) is 22.7 Å². The molecule has 1 N–H and O–H groups in total. The maximum absolute atomic E-state index is 12.5. The lowest BCUT2D eigenvalue weighted by Crippen LogP contribution is -2.18. The largest absolute Gasteiger partial charge is 0.493 e. The lowest BCUT2D eigenvalue weighted by Gasteiger charge is -2.16. The number of carbonyl (C=O) groups is 1. The van der Waals surface area contributed by atoms with Crippen molar-refractivity contribution >= 4 is 34.2 Å². The number of nitrogens with zero attached hydrogens (tertiary/aromatic N) is 2. The molecule has 0 aliphatic heterocycles. The Morgan fingerprint density at radius 1 is 1.08 bits per heavy atom. The zero-order valence-corrected chi connectivity index (χ0v) is 16.5. The third-order valence-corrected chi connectivity index (χ3v) is 4.19. The van der Waals surface area contributed by atoms with Crippen LogP contribution < -0.4 is 14.8 Å². The van der Waals surface area contributed by atoms with E-state index in [0.717, 1.165) is 9.39 Å². The average molecular weight is 441 g/mol. The number of anilines is 1. The fraction of sp³-hybridized carbons (Fsp3) is 0.353. The van der Waals surface area contributed by atoms with Crippen LogP contribution in [0.2, 0.25) is 0 Å². The molecular formula is C17H20IN3O3. The van der Waals surface area contributed by atoms with Crippen LogP contribution in [0.15, 0.2) is 24.5 Å². The summed E-state index contributed by atoms with van der Waals surface area (Å²) in [6.45, 7) is 6.10. The molecule has 0 aliphatic rings. The summed E-state index contributed by atoms with van der Waals surface area (Å²) in [6.07, 6.45) is 3.22. The summed E-state index contributed by atoms with van der Waals surface area (Å²) in [4.78, 5) is 21.1. The molecule has 0 radical (unpaired) electrons. The Morgan fingerprint density at radius 2 is 1.62 bits per heavy atom. The molecule has 0 fully saturated rings. The topological polar surface area (TPSA) is 73.3 Å². The van der Waals surface area contributed by atoms with Crippen LogP contribution in [0.1, 0.15) is 37.0 Å². The Balaban J connectivity index is 2.24. The quantitative estimate of drug-likeness (QED) is 0.734. The molecule has 24 heavy (non-hydrogen) atoms. The van der Waals surface area contributed by atoms with Gasteiger partial charge in [-0.15, -0.1) is 0 Å². The maximum atomic E-state index is 12.5. The Kier molecular flexibility index (Phi) is 5.63. The molecule has 6 nitrogen and oxygen atoms in total. The molecule has 2 aromatic rings. The maximum Gasteiger partial charge on any atom is 0.256 e. The number of hydrogen-bond acceptors (Lipinski definition) is 5. The fourth-order valence-electron chi connectivity index (χ4n) is 2.01. The zero-order chi connectivity index (χ0) is 17.9. The minimum Gasteiger partial charge on any atom is -0.493 e. The molecule has 7 heteroatoms. The van der Waals surface area contributed by atoms with E-state index in [1.165, 1.54) is 7.11 Å². The van der Waals surface area contributed by atoms with Crippen LogP contribution >= 0.6 is 22.6 Å². The third kappa shape index (κ3) is 4.14. The van der Waals surface area contributed by atoms with E-state index in [2.05, 4.69) is 37.9 Å². The number of halogens is 1. The molecule has 0 atom stereocenters. The van der Waals surface area contributed by atoms with Crippen molar-refractivity contribution in [2.45, 2.75) is 26.2 Å². The van der Waals surface area contributed by atoms with Gasteiger partial charge in [-0.2, -0.15) is 0 Å². The molecule has 0 bridgehead atoms. The standard InChI is InChI=1S/C17H20IN3O3/c1-17(2,3)16-19-8-10(9-20-16)21-15(22)11-6-13(23-4)14(24-5)7-12(11)18/h6-9H,1-5H3,(H,21,22). The number of rotatable bonds is 4. The summed E-state index contributed by atoms with van der Waals surface area (Å²) in [6, 6.07) is 3.41. The minimum absolute atomic E-state index is 0.138. The van der Waals surface area contributed by atoms with Crippen molar-refractivity contribution in [1.29, 1.82) is 0 Å². The number of carbonyl (C=O) groups excluding carboxylic acids is 1. The average Bonchev–Trinajstić information content (AvgIpc) is 2.54. The number of hydrogen-bond donors (Lipinski definition) is 1. The van der Waals surface area contributed by atoms with Crippen LogP contribution in [0.25, 0.3) is 0 Å². The number of aromatic nitrogens is 2. The Bertz CT molecular complexity index is 740. The summed E-state index contributed by atoms with van der Waals surface area (Å²) in [5.41, 5.74) is 0.896. The van der Waals surface area contributed by atoms with Crippen molar-refractivity contribution in [2.24, 2.45) is 0 Å². The van der Waals surface area contributed by atoms with Gasteiger partial charge in [0.05, 0.1) is 37.9 Å². The van der Waals surface area contributed by atoms with E-state index in [9.17, 15) is 4.79 Å². The highest BCUT2D eigenvalue weighted by molar-refractivity contribution is 14.1. The molecule has 0 unspecified atom stereocenters. The van der Waals surface area contributed by atoms with E-state index in [1.54, 1.807) is 31.6 Å². The van der Waals surface area contributed by atoms with Crippen molar-refractivity contribution in [3.63, 3.8) is 0 Å². The van der Waals surface area contributed by atoms with E-state index >= 15 is 0 Å². The predicted molar refractivity (Wildman–Crippen MR) is 101 cm³/mol. The molecule has 0 aliphatic carbocycles. The Morgan fingerprint density at radius 3 is 2.12 bits per heavy atom. The van der Waals surface area contributed by atoms with E-state index < -0.39 is 0 Å². The van der Waals surface area contributed by atoms with Gasteiger partial charge in [0.25, 0.3) is 5.91 Å². The minimum atomic E-state index is -0.257. The lowest BCUT2D eigenvalue weighted by molar-refractivity contribution is 0.102. The molecular weight excluding hydrogens is 421 g/mol. The lowest BCUT2D eigenvalue weighted by atomic mass is 9.96. The van der Waals surface area contributed by atoms with Gasteiger partial charge in [0.15, 0.2) is 11.5 Å². The molecule has 2 rings (SSSR count). The SMILES string of the molecule is COc1cc(I)c(C(=O)Nc2cnc(C(C)(C)C)nc2)cc1OC. The zero-order valence-electron chi connectivity index (χ0n) is 14.3. The van der Waals surface area contributed by atoms with Crippen LogP contribution in [0.3, 0.4) is 0 Å². The summed E-state index contributed by atoms with van der Waals surface area (Å²) in [5, 5.41) is 2.80. The van der Waals surface area contributed by atoms with Crippen LogP contribution in [0, 0.1) is 3.57 Å². The first-order valence-electron chi connectivity index (χ1n) is 7.31. The van der Waals surface area contributed by atoms with Gasteiger partial charge in [-0.05, 0) is 34.7 Å². The summed E-state index contributed by atoms with van der Waals surface area (Å²) < 4.78 is 11.2. The van der Waals surface area contributed by atoms with Gasteiger partial charge in [-0.3, -0.25) is 4.79 Å². The second-order valence-corrected chi connectivity index (χ2v) is 7.35. The van der Waals surface area contributed by atoms with Gasteiger partial charge < -0.3 is 14.8 Å². The number of nitrogens with one attached hydrogen (secondary N) is 1. The number of amides is 1. The first kappa shape index (κ1) is 18.4. The van der Waals surface area contributed by atoms with Gasteiger partial charge >= 0.3 is 0 Å². The number of methoxy groups -OCH3 is 2. The molecule has 0 saturated carbocycles. The number of benzene rings is 1. The second kappa shape index (κ2) is 7.33. The molecule has 0 spiro atoms. The molecule has 128 valence electrons. The summed E-state index contributed by atoms with van der Waals surface area (Å²) in [7, 11) is 3.09. The second-order valence-electron chi connectivity index (χ2n) is 6.19. The summed E-state index contributed by atoms with van der Waals surface area (Å²) >= 11 is 2.09. The van der Waals surface area contributed by atoms with E-state index in [-0.39, 0.29) is 11.3 Å². The Labute approximate surface area is 155 Å². The highest BCUT2D eigenvalue weighted by Crippen LogP contribution is 2.31. The summed E-state index contributed by atoms with van der Waals surface area (Å²) in [5.74, 6) is 1.55. The molecule has 1 aromatic heterocycles. The van der Waals surface area contributed by atoms with Gasteiger partial charge in [-0.25, -0.2) is 9.97 Å². The van der Waals surface area contributed by atoms with Gasteiger partial charge in [0, 0.05) is 8.99 Å². The van der Waals surface area contributed by atoms with Crippen LogP contribution in [0.4, 0.5) is 5.69 Å². The molecule has 1 aromatic carbocycles. The molecule has 1 amide bonds. The van der Waals surface area contributed by atoms with Crippen LogP contribution in [-0.4, -0.2) is 30.1 Å². The first-order valence-corrected chi connectivity index (χ1v) is 8.39. The smallest absolute Gasteiger partial charge is 0.256 e. The van der Waals surface area contributed by atoms with Crippen LogP contribution in [-0.2, 0) is 5.41 Å². The van der Waals surface area contributed by atoms with Crippen molar-refractivity contribution in [2.75, 3.05) is 19.5 Å². The predicted octanol–water partition coefficient (Wildman–Crippen LogP) is 3.65. The third-order valence-electron chi connectivity index (χ3n) is 3.30. The van der Waals surface area contributed by atoms with E-state index in [1.807, 2.05) is 20.8 Å². The van der Waals surface area contributed by atoms with Crippen LogP contribution in [0.5, 0.6) is 11.5 Å². The van der Waals surface area contributed by atoms with Gasteiger partial charge in [0.2, 0.25) is 0 Å². The van der Waals surface area contributed by atoms with Crippen molar-refractivity contribution in [1.82, 2.24) is 9.97 Å². The monoisotopic (exact) mass is 441 g/mol. The fourth-order valence-corrected chi connectivity index (χ4v) is 2.69. The van der Waals surface area contributed by atoms with Crippen molar-refractivity contribution in [3.8, 4) is 11.5 Å². The molecule has 0 saturated heterocycles. The van der Waals surface area contributed by atoms with Gasteiger partial charge in [0.1, 0.15) is 5.82 Å². The van der Waals surface area contributed by atoms with Crippen molar-refractivity contribution < 1.29 is 14.3 Å². The normalized spacial score (nSPS) is 11.1. The van der Waals surface area contributed by atoms with E-state index in [4.69, 9.17) is 9.47 Å². The molecule has 1 heterocycles.